The van der Waals surface area contributed by atoms with Crippen LogP contribution in [0.1, 0.15) is 37.1 Å². The lowest BCUT2D eigenvalue weighted by molar-refractivity contribution is -0.128. The molecule has 1 fully saturated rings. The molecule has 4 heteroatoms. The number of hydrogen-bond donors (Lipinski definition) is 1. The second-order valence-electron chi connectivity index (χ2n) is 4.62. The molecule has 2 atom stereocenters. The van der Waals surface area contributed by atoms with Gasteiger partial charge in [-0.15, -0.1) is 11.3 Å². The van der Waals surface area contributed by atoms with Gasteiger partial charge in [-0.05, 0) is 24.3 Å². The molecule has 1 aliphatic heterocycles. The molecule has 2 rings (SSSR count). The number of nitrogens with one attached hydrogen (secondary N) is 1. The largest absolute Gasteiger partial charge is 0.344 e. The zero-order valence-electron chi connectivity index (χ0n) is 10.5. The molecule has 0 spiro atoms. The first kappa shape index (κ1) is 12.6. The number of likely N-dealkylation sites (N-methyl/N-ethyl adjacent to an activating group) is 1. The molecule has 2 heterocycles. The number of amides is 1. The van der Waals surface area contributed by atoms with Crippen LogP contribution in [0.5, 0.6) is 0 Å². The van der Waals surface area contributed by atoms with E-state index < -0.39 is 0 Å². The number of rotatable bonds is 5. The summed E-state index contributed by atoms with van der Waals surface area (Å²) in [6.07, 6.45) is 3.15. The number of likely N-dealkylation sites (tertiary alicyclic amines) is 1. The van der Waals surface area contributed by atoms with Crippen LogP contribution in [0.4, 0.5) is 0 Å². The van der Waals surface area contributed by atoms with Gasteiger partial charge in [0.25, 0.3) is 0 Å². The Labute approximate surface area is 107 Å². The lowest BCUT2D eigenvalue weighted by Gasteiger charge is -2.20. The molecule has 1 saturated heterocycles. The Morgan fingerprint density at radius 3 is 3.00 bits per heavy atom. The number of hydrogen-bond acceptors (Lipinski definition) is 3. The summed E-state index contributed by atoms with van der Waals surface area (Å²) in [4.78, 5) is 15.0. The third kappa shape index (κ3) is 2.87. The van der Waals surface area contributed by atoms with Gasteiger partial charge in [0.15, 0.2) is 0 Å². The minimum absolute atomic E-state index is 0.0126. The fourth-order valence-electron chi connectivity index (χ4n) is 2.31. The summed E-state index contributed by atoms with van der Waals surface area (Å²) in [5.74, 6) is 0.239. The van der Waals surface area contributed by atoms with Crippen LogP contribution in [0.25, 0.3) is 0 Å². The molecule has 0 aromatic carbocycles. The SMILES string of the molecule is CCCC(NC1CCN(C)C1=O)c1cccs1. The molecule has 2 unspecified atom stereocenters. The average Bonchev–Trinajstić information content (AvgIpc) is 2.93. The minimum Gasteiger partial charge on any atom is -0.344 e. The van der Waals surface area contributed by atoms with Crippen LogP contribution in [0.3, 0.4) is 0 Å². The minimum atomic E-state index is 0.0126. The van der Waals surface area contributed by atoms with E-state index in [4.69, 9.17) is 0 Å². The van der Waals surface area contributed by atoms with Crippen molar-refractivity contribution in [1.29, 1.82) is 0 Å². The fourth-order valence-corrected chi connectivity index (χ4v) is 3.13. The molecule has 94 valence electrons. The highest BCUT2D eigenvalue weighted by Gasteiger charge is 2.30. The van der Waals surface area contributed by atoms with Gasteiger partial charge >= 0.3 is 0 Å². The van der Waals surface area contributed by atoms with Gasteiger partial charge in [0, 0.05) is 24.5 Å². The predicted octanol–water partition coefficient (Wildman–Crippen LogP) is 2.41. The van der Waals surface area contributed by atoms with E-state index in [9.17, 15) is 4.79 Å². The monoisotopic (exact) mass is 252 g/mol. The van der Waals surface area contributed by atoms with Crippen molar-refractivity contribution in [3.63, 3.8) is 0 Å². The molecule has 1 amide bonds. The Balaban J connectivity index is 2.01. The number of nitrogens with zero attached hydrogens (tertiary/aromatic N) is 1. The molecule has 1 aromatic rings. The van der Waals surface area contributed by atoms with Crippen LogP contribution in [0.15, 0.2) is 17.5 Å². The average molecular weight is 252 g/mol. The Morgan fingerprint density at radius 1 is 1.65 bits per heavy atom. The Bertz CT molecular complexity index is 364. The van der Waals surface area contributed by atoms with Crippen molar-refractivity contribution in [1.82, 2.24) is 10.2 Å². The normalized spacial score (nSPS) is 22.1. The highest BCUT2D eigenvalue weighted by atomic mass is 32.1. The third-order valence-electron chi connectivity index (χ3n) is 3.29. The second kappa shape index (κ2) is 5.65. The van der Waals surface area contributed by atoms with E-state index in [1.54, 1.807) is 11.3 Å². The zero-order valence-corrected chi connectivity index (χ0v) is 11.3. The van der Waals surface area contributed by atoms with Crippen molar-refractivity contribution < 1.29 is 4.79 Å². The Morgan fingerprint density at radius 2 is 2.47 bits per heavy atom. The molecular weight excluding hydrogens is 232 g/mol. The highest BCUT2D eigenvalue weighted by molar-refractivity contribution is 7.10. The predicted molar refractivity (Wildman–Crippen MR) is 71.1 cm³/mol. The first-order valence-corrected chi connectivity index (χ1v) is 7.14. The molecule has 3 nitrogen and oxygen atoms in total. The van der Waals surface area contributed by atoms with Gasteiger partial charge in [-0.2, -0.15) is 0 Å². The topological polar surface area (TPSA) is 32.3 Å². The summed E-state index contributed by atoms with van der Waals surface area (Å²) in [6, 6.07) is 4.58. The van der Waals surface area contributed by atoms with Gasteiger partial charge in [-0.25, -0.2) is 0 Å². The summed E-state index contributed by atoms with van der Waals surface area (Å²) < 4.78 is 0. The third-order valence-corrected chi connectivity index (χ3v) is 4.28. The van der Waals surface area contributed by atoms with Crippen LogP contribution in [-0.2, 0) is 4.79 Å². The fraction of sp³-hybridized carbons (Fsp3) is 0.615. The van der Waals surface area contributed by atoms with E-state index in [2.05, 4.69) is 29.8 Å². The van der Waals surface area contributed by atoms with Crippen LogP contribution < -0.4 is 5.32 Å². The van der Waals surface area contributed by atoms with Gasteiger partial charge in [0.05, 0.1) is 6.04 Å². The first-order chi connectivity index (χ1) is 8.22. The molecule has 0 bridgehead atoms. The van der Waals surface area contributed by atoms with Crippen molar-refractivity contribution in [3.05, 3.63) is 22.4 Å². The van der Waals surface area contributed by atoms with E-state index in [0.717, 1.165) is 25.8 Å². The van der Waals surface area contributed by atoms with E-state index in [0.29, 0.717) is 6.04 Å². The maximum atomic E-state index is 11.9. The van der Waals surface area contributed by atoms with E-state index in [1.165, 1.54) is 4.88 Å². The Hall–Kier alpha value is -0.870. The van der Waals surface area contributed by atoms with E-state index >= 15 is 0 Å². The molecule has 0 radical (unpaired) electrons. The van der Waals surface area contributed by atoms with Gasteiger partial charge in [-0.1, -0.05) is 19.4 Å². The first-order valence-electron chi connectivity index (χ1n) is 6.26. The van der Waals surface area contributed by atoms with Crippen LogP contribution in [0.2, 0.25) is 0 Å². The molecule has 17 heavy (non-hydrogen) atoms. The molecular formula is C13H20N2OS. The summed E-state index contributed by atoms with van der Waals surface area (Å²) in [5, 5.41) is 5.62. The molecule has 1 N–H and O–H groups in total. The molecule has 1 aliphatic rings. The van der Waals surface area contributed by atoms with Crippen molar-refractivity contribution >= 4 is 17.2 Å². The van der Waals surface area contributed by atoms with Gasteiger partial charge in [0.2, 0.25) is 5.91 Å². The maximum Gasteiger partial charge on any atom is 0.239 e. The standard InChI is InChI=1S/C13H20N2OS/c1-3-5-10(12-6-4-9-17-12)14-11-7-8-15(2)13(11)16/h4,6,9-11,14H,3,5,7-8H2,1-2H3. The summed E-state index contributed by atoms with van der Waals surface area (Å²) >= 11 is 1.77. The quantitative estimate of drug-likeness (QED) is 0.873. The van der Waals surface area contributed by atoms with Crippen molar-refractivity contribution in [3.8, 4) is 0 Å². The molecule has 0 aliphatic carbocycles. The lowest BCUT2D eigenvalue weighted by atomic mass is 10.1. The smallest absolute Gasteiger partial charge is 0.239 e. The van der Waals surface area contributed by atoms with Crippen LogP contribution in [-0.4, -0.2) is 30.4 Å². The van der Waals surface area contributed by atoms with Crippen molar-refractivity contribution in [2.45, 2.75) is 38.3 Å². The number of carbonyl (C=O) groups excluding carboxylic acids is 1. The Kier molecular flexibility index (Phi) is 4.18. The zero-order chi connectivity index (χ0) is 12.3. The van der Waals surface area contributed by atoms with Crippen LogP contribution in [0, 0.1) is 0 Å². The summed E-state index contributed by atoms with van der Waals surface area (Å²) in [6.45, 7) is 3.06. The van der Waals surface area contributed by atoms with Crippen molar-refractivity contribution in [2.24, 2.45) is 0 Å². The number of carbonyl (C=O) groups is 1. The van der Waals surface area contributed by atoms with Gasteiger partial charge in [-0.3, -0.25) is 10.1 Å². The summed E-state index contributed by atoms with van der Waals surface area (Å²) in [5.41, 5.74) is 0. The summed E-state index contributed by atoms with van der Waals surface area (Å²) in [7, 11) is 1.88. The maximum absolute atomic E-state index is 11.9. The van der Waals surface area contributed by atoms with Crippen molar-refractivity contribution in [2.75, 3.05) is 13.6 Å². The molecule has 1 aromatic heterocycles. The number of thiophene rings is 1. The van der Waals surface area contributed by atoms with Gasteiger partial charge in [0.1, 0.15) is 0 Å². The van der Waals surface area contributed by atoms with E-state index in [1.807, 2.05) is 11.9 Å². The highest BCUT2D eigenvalue weighted by Crippen LogP contribution is 2.25. The lowest BCUT2D eigenvalue weighted by Crippen LogP contribution is -2.38. The van der Waals surface area contributed by atoms with E-state index in [-0.39, 0.29) is 11.9 Å². The second-order valence-corrected chi connectivity index (χ2v) is 5.60. The van der Waals surface area contributed by atoms with Crippen LogP contribution >= 0.6 is 11.3 Å². The molecule has 0 saturated carbocycles. The van der Waals surface area contributed by atoms with Gasteiger partial charge < -0.3 is 4.90 Å².